The average Bonchev–Trinajstić information content (AvgIpc) is 1.70. The van der Waals surface area contributed by atoms with Crippen molar-refractivity contribution in [1.82, 2.24) is 123 Å². The Morgan fingerprint density at radius 2 is 0.745 bits per heavy atom. The third-order valence-corrected chi connectivity index (χ3v) is 20.4. The summed E-state index contributed by atoms with van der Waals surface area (Å²) in [6.07, 6.45) is 30.4. The van der Waals surface area contributed by atoms with Crippen LogP contribution >= 0.6 is 0 Å². The molecule has 0 bridgehead atoms. The van der Waals surface area contributed by atoms with E-state index in [-0.39, 0.29) is 103 Å². The van der Waals surface area contributed by atoms with Gasteiger partial charge in [0.1, 0.15) is 66.7 Å². The number of aryl methyl sites for hydroxylation is 2. The summed E-state index contributed by atoms with van der Waals surface area (Å²) in [6, 6.07) is 29.1. The molecule has 1 aliphatic rings. The molecule has 19 rings (SSSR count). The highest BCUT2D eigenvalue weighted by molar-refractivity contribution is 6.11. The number of benzene rings is 5. The fraction of sp³-hybridized carbons (Fsp3) is 0.0851. The van der Waals surface area contributed by atoms with Crippen LogP contribution in [-0.2, 0) is 24.2 Å². The topological polar surface area (TPSA) is 655 Å². The van der Waals surface area contributed by atoms with Crippen molar-refractivity contribution < 1.29 is 114 Å². The van der Waals surface area contributed by atoms with Crippen LogP contribution in [0.2, 0.25) is 0 Å². The Morgan fingerprint density at radius 1 is 0.383 bits per heavy atom. The number of anilines is 5. The zero-order valence-electron chi connectivity index (χ0n) is 76.6. The highest BCUT2D eigenvalue weighted by Crippen LogP contribution is 2.30. The molecule has 0 saturated heterocycles. The van der Waals surface area contributed by atoms with E-state index in [0.29, 0.717) is 83.8 Å². The Labute approximate surface area is 829 Å². The Hall–Kier alpha value is -21.2. The van der Waals surface area contributed by atoms with Crippen molar-refractivity contribution in [2.45, 2.75) is 39.7 Å². The van der Waals surface area contributed by atoms with Gasteiger partial charge in [-0.1, -0.05) is 13.3 Å². The van der Waals surface area contributed by atoms with E-state index >= 15 is 0 Å². The lowest BCUT2D eigenvalue weighted by molar-refractivity contribution is 0.0681. The number of aromatic carboxylic acids is 5. The number of hydrogen-bond donors (Lipinski definition) is 10. The molecule has 0 unspecified atom stereocenters. The number of carbonyl (C=O) groups excluding carboxylic acids is 5. The maximum Gasteiger partial charge on any atom is 0.345 e. The van der Waals surface area contributed by atoms with Crippen molar-refractivity contribution in [3.63, 3.8) is 0 Å². The smallest absolute Gasteiger partial charge is 0.345 e. The number of ether oxygens (including phenoxy) is 2. The van der Waals surface area contributed by atoms with Crippen molar-refractivity contribution >= 4 is 87.8 Å². The van der Waals surface area contributed by atoms with Crippen LogP contribution in [-0.4, -0.2) is 222 Å². The minimum Gasteiger partial charge on any atom is -0.494 e. The molecule has 0 radical (unpaired) electrons. The van der Waals surface area contributed by atoms with Gasteiger partial charge in [0.15, 0.2) is 86.6 Å². The Bertz CT molecular complexity index is 7880. The molecule has 10 N–H and O–H groups in total. The number of carboxylic acid groups (broad SMARTS) is 5. The second kappa shape index (κ2) is 47.8. The summed E-state index contributed by atoms with van der Waals surface area (Å²) in [5, 5.41) is 104. The third-order valence-electron chi connectivity index (χ3n) is 20.4. The standard InChI is InChI=1S/C18H16FN5O3.C16H12FN5O4.C16H12FN5O3.C15H9F2N5O3.C15H10FN5O3.C14H11N5O3/c1-2-3-11-8-12(18(26)27)15(9-13(11)19)21-17(25)14-4-5-16(23-22-14)24-7-6-20-10-24;1-26-13-6-9(16(24)25)12(7-10(13)17)19-15(23)11-2-3-14(21-20-11)22-5-4-18-8-22;1-9-6-10(16(24)25)13(7-11(9)17)19-15(23)12-2-3-14(21-20-12)22-5-4-18-8-22;16-8-1-2-9(12(13(8)17)15(24)25)19-14(23)10-3-4-11(21-20-10)22-6-5-18-7-22;16-9-1-2-10(15(23)24)12(7-9)18-14(22)11-3-4-13(20-19-11)21-6-5-17-8-21;20-14-9-7-21-6-3-10(9)16-13(22-14)11-1-2-12(18-17-11)19-5-4-15-8-19/h4-10H,2-3H2,1H3,(H,21,25)(H,26,27);2-8H,1H3,(H,19,23)(H,24,25);2-8H,1H3,(H,19,23)(H,24,25);1-7H,(H,19,23)(H,24,25);1-8H,(H,18,22)(H,23,24);1-2,4-5,8H,3,6-7H2. The number of amides is 5. The van der Waals surface area contributed by atoms with E-state index < -0.39 is 111 Å². The van der Waals surface area contributed by atoms with E-state index in [1.807, 2.05) is 6.92 Å². The third kappa shape index (κ3) is 26.1. The number of fused-ring (bicyclic) bond motifs is 1. The summed E-state index contributed by atoms with van der Waals surface area (Å²) in [5.41, 5.74) is -1.67. The molecule has 55 heteroatoms. The maximum atomic E-state index is 14.2. The summed E-state index contributed by atoms with van der Waals surface area (Å²) >= 11 is 0. The van der Waals surface area contributed by atoms with Gasteiger partial charge in [0, 0.05) is 86.8 Å². The first-order chi connectivity index (χ1) is 71.8. The van der Waals surface area contributed by atoms with Crippen molar-refractivity contribution in [3.05, 3.63) is 376 Å². The first-order valence-electron chi connectivity index (χ1n) is 42.8. The molecular weight excluding hydrogens is 1970 g/mol. The Kier molecular flexibility index (Phi) is 33.2. The molecule has 0 saturated carbocycles. The number of halogens is 6. The lowest BCUT2D eigenvalue weighted by atomic mass is 10.0. The van der Waals surface area contributed by atoms with E-state index in [2.05, 4.69) is 123 Å². The van der Waals surface area contributed by atoms with E-state index in [1.54, 1.807) is 138 Å². The summed E-state index contributed by atoms with van der Waals surface area (Å²) in [4.78, 5) is 157. The molecule has 0 aliphatic carbocycles. The van der Waals surface area contributed by atoms with Gasteiger partial charge in [0.25, 0.3) is 35.4 Å². The van der Waals surface area contributed by atoms with Gasteiger partial charge in [-0.15, -0.1) is 61.2 Å². The quantitative estimate of drug-likeness (QED) is 0.0238. The van der Waals surface area contributed by atoms with Crippen LogP contribution in [0.3, 0.4) is 0 Å². The first-order valence-corrected chi connectivity index (χ1v) is 42.8. The van der Waals surface area contributed by atoms with E-state index in [0.717, 1.165) is 54.6 Å². The molecule has 0 atom stereocenters. The van der Waals surface area contributed by atoms with Crippen molar-refractivity contribution in [2.24, 2.45) is 0 Å². The normalized spacial score (nSPS) is 11.0. The van der Waals surface area contributed by atoms with Gasteiger partial charge in [-0.2, -0.15) is 0 Å². The Balaban J connectivity index is 0.000000141. The highest BCUT2D eigenvalue weighted by Gasteiger charge is 2.28. The predicted molar refractivity (Wildman–Crippen MR) is 502 cm³/mol. The fourth-order valence-electron chi connectivity index (χ4n) is 13.1. The number of carboxylic acids is 5. The predicted octanol–water partition coefficient (Wildman–Crippen LogP) is 10.9. The monoisotopic (exact) mass is 2040 g/mol. The highest BCUT2D eigenvalue weighted by atomic mass is 19.2. The molecule has 13 aromatic heterocycles. The molecule has 5 amide bonds. The van der Waals surface area contributed by atoms with E-state index in [4.69, 9.17) is 24.1 Å². The minimum atomic E-state index is -1.71. The van der Waals surface area contributed by atoms with Gasteiger partial charge in [-0.05, 0) is 158 Å². The van der Waals surface area contributed by atoms with Crippen LogP contribution < -0.4 is 36.9 Å². The van der Waals surface area contributed by atoms with Crippen LogP contribution in [0.5, 0.6) is 5.75 Å². The SMILES string of the molecule is CCCc1cc(C(=O)O)c(NC(=O)c2ccc(-n3ccnc3)nn2)cc1F.COc1cc(C(=O)O)c(NC(=O)c2ccc(-n3ccnc3)nn2)cc1F.Cc1cc(C(=O)O)c(NC(=O)c2ccc(-n3ccnc3)nn2)cc1F.O=C(Nc1cc(F)ccc1C(=O)O)c1ccc(-n2ccnc2)nn1.O=C(Nc1ccc(F)c(F)c1C(=O)O)c1ccc(-n2ccnc2)nn1.O=c1oc(-c2ccc(-n3ccnc3)nn2)nc2c1COCC2. The van der Waals surface area contributed by atoms with Crippen LogP contribution in [0.4, 0.5) is 54.8 Å². The van der Waals surface area contributed by atoms with Crippen LogP contribution in [0, 0.1) is 41.8 Å². The molecule has 0 spiro atoms. The van der Waals surface area contributed by atoms with Crippen molar-refractivity contribution in [1.29, 1.82) is 0 Å². The number of aromatic nitrogens is 25. The Morgan fingerprint density at radius 3 is 1.09 bits per heavy atom. The van der Waals surface area contributed by atoms with Gasteiger partial charge in [-0.25, -0.2) is 90.0 Å². The fourth-order valence-corrected chi connectivity index (χ4v) is 13.1. The van der Waals surface area contributed by atoms with Gasteiger partial charge >= 0.3 is 35.5 Å². The number of carbonyl (C=O) groups is 10. The molecule has 1 aliphatic heterocycles. The first kappa shape index (κ1) is 104. The van der Waals surface area contributed by atoms with Gasteiger partial charge in [0.05, 0.1) is 82.3 Å². The lowest BCUT2D eigenvalue weighted by Crippen LogP contribution is -2.21. The average molecular weight is 2040 g/mol. The maximum absolute atomic E-state index is 14.2. The molecule has 752 valence electrons. The summed E-state index contributed by atoms with van der Waals surface area (Å²) in [5.74, 6) is -13.3. The van der Waals surface area contributed by atoms with E-state index in [1.165, 1.54) is 94.2 Å². The summed E-state index contributed by atoms with van der Waals surface area (Å²) < 4.78 is 107. The van der Waals surface area contributed by atoms with Gasteiger partial charge in [0.2, 0.25) is 0 Å². The largest absolute Gasteiger partial charge is 0.494 e. The zero-order chi connectivity index (χ0) is 106. The minimum absolute atomic E-state index is 0.0340. The molecule has 18 aromatic rings. The molecule has 49 nitrogen and oxygen atoms in total. The second-order valence-electron chi connectivity index (χ2n) is 30.2. The number of nitrogens with zero attached hydrogens (tertiary/aromatic N) is 25. The zero-order valence-corrected chi connectivity index (χ0v) is 76.6. The van der Waals surface area contributed by atoms with Gasteiger partial charge in [-0.3, -0.25) is 51.4 Å². The lowest BCUT2D eigenvalue weighted by Gasteiger charge is -2.13. The summed E-state index contributed by atoms with van der Waals surface area (Å²) in [6.45, 7) is 4.10. The second-order valence-corrected chi connectivity index (χ2v) is 30.2. The van der Waals surface area contributed by atoms with Crippen molar-refractivity contribution in [3.8, 4) is 52.2 Å². The van der Waals surface area contributed by atoms with Crippen molar-refractivity contribution in [2.75, 3.05) is 40.3 Å². The number of rotatable bonds is 25. The van der Waals surface area contributed by atoms with Crippen LogP contribution in [0.25, 0.3) is 46.5 Å². The molecule has 5 aromatic carbocycles. The molecular formula is C94H70F6N30O19. The van der Waals surface area contributed by atoms with Crippen LogP contribution in [0.1, 0.15) is 140 Å². The van der Waals surface area contributed by atoms with Gasteiger partial charge < -0.3 is 66.0 Å². The van der Waals surface area contributed by atoms with Crippen LogP contribution in [0.15, 0.2) is 261 Å². The molecule has 149 heavy (non-hydrogen) atoms. The van der Waals surface area contributed by atoms with E-state index in [9.17, 15) is 94.4 Å². The number of imidazole rings is 6. The molecule has 14 heterocycles. The number of hydrogen-bond acceptors (Lipinski definition) is 33. The molecule has 0 fully saturated rings. The number of nitrogens with one attached hydrogen (secondary N) is 5. The number of methoxy groups -OCH3 is 1. The summed E-state index contributed by atoms with van der Waals surface area (Å²) in [7, 11) is 1.21.